The van der Waals surface area contributed by atoms with Gasteiger partial charge < -0.3 is 16.0 Å². The molecule has 0 saturated heterocycles. The van der Waals surface area contributed by atoms with Gasteiger partial charge in [-0.2, -0.15) is 23.3 Å². The molecule has 3 aliphatic carbocycles. The highest BCUT2D eigenvalue weighted by Gasteiger charge is 2.50. The van der Waals surface area contributed by atoms with Gasteiger partial charge in [-0.3, -0.25) is 9.48 Å². The smallest absolute Gasteiger partial charge is 0.365 e. The van der Waals surface area contributed by atoms with Crippen LogP contribution in [0.1, 0.15) is 31.7 Å². The molecule has 2 aromatic rings. The molecule has 170 valence electrons. The third kappa shape index (κ3) is 4.03. The Bertz CT molecular complexity index is 1050. The predicted molar refractivity (Wildman–Crippen MR) is 111 cm³/mol. The Balaban J connectivity index is 1.42. The van der Waals surface area contributed by atoms with Crippen molar-refractivity contribution in [3.05, 3.63) is 36.3 Å². The van der Waals surface area contributed by atoms with E-state index >= 15 is 0 Å². The fourth-order valence-corrected chi connectivity index (χ4v) is 4.55. The minimum absolute atomic E-state index is 0.0184. The Morgan fingerprint density at radius 2 is 2.00 bits per heavy atom. The summed E-state index contributed by atoms with van der Waals surface area (Å²) in [6, 6.07) is -0.272. The third-order valence-electron chi connectivity index (χ3n) is 6.30. The van der Waals surface area contributed by atoms with Gasteiger partial charge >= 0.3 is 6.18 Å². The number of anilines is 3. The molecule has 2 saturated carbocycles. The van der Waals surface area contributed by atoms with E-state index in [1.807, 2.05) is 19.1 Å². The monoisotopic (exact) mass is 447 g/mol. The lowest BCUT2D eigenvalue weighted by atomic mass is 9.88. The number of fused-ring (bicyclic) bond motifs is 2. The van der Waals surface area contributed by atoms with Crippen LogP contribution < -0.4 is 16.0 Å². The van der Waals surface area contributed by atoms with Crippen molar-refractivity contribution in [2.75, 3.05) is 10.6 Å². The Hall–Kier alpha value is -3.11. The minimum Gasteiger partial charge on any atom is -0.365 e. The number of hydrogen-bond acceptors (Lipinski definition) is 6. The van der Waals surface area contributed by atoms with Crippen molar-refractivity contribution in [1.29, 1.82) is 0 Å². The fraction of sp³-hybridized carbons (Fsp3) is 0.524. The molecular weight excluding hydrogens is 423 g/mol. The van der Waals surface area contributed by atoms with Crippen LogP contribution in [0, 0.1) is 17.8 Å². The summed E-state index contributed by atoms with van der Waals surface area (Å²) in [7, 11) is 0. The Kier molecular flexibility index (Phi) is 5.06. The summed E-state index contributed by atoms with van der Waals surface area (Å²) < 4.78 is 42.8. The first-order valence-corrected chi connectivity index (χ1v) is 10.8. The maximum Gasteiger partial charge on any atom is 0.421 e. The molecule has 3 N–H and O–H groups in total. The first kappa shape index (κ1) is 20.8. The van der Waals surface area contributed by atoms with Crippen LogP contribution >= 0.6 is 0 Å². The number of carbonyl (C=O) groups is 1. The molecule has 5 rings (SSSR count). The highest BCUT2D eigenvalue weighted by Crippen LogP contribution is 2.46. The van der Waals surface area contributed by atoms with E-state index in [0.29, 0.717) is 12.2 Å². The first-order chi connectivity index (χ1) is 15.3. The zero-order valence-electron chi connectivity index (χ0n) is 17.4. The number of aromatic nitrogens is 4. The van der Waals surface area contributed by atoms with Gasteiger partial charge in [0.05, 0.1) is 17.8 Å². The second-order valence-electron chi connectivity index (χ2n) is 8.59. The Labute approximate surface area is 182 Å². The van der Waals surface area contributed by atoms with Crippen LogP contribution in [0.2, 0.25) is 0 Å². The number of aryl methyl sites for hydroxylation is 1. The number of allylic oxidation sites excluding steroid dienone is 1. The lowest BCUT2D eigenvalue weighted by molar-refractivity contribution is -0.137. The molecule has 2 heterocycles. The maximum atomic E-state index is 13.7. The van der Waals surface area contributed by atoms with Gasteiger partial charge in [-0.15, -0.1) is 0 Å². The predicted octanol–water partition coefficient (Wildman–Crippen LogP) is 3.34. The number of alkyl halides is 3. The highest BCUT2D eigenvalue weighted by atomic mass is 19.4. The Morgan fingerprint density at radius 1 is 1.22 bits per heavy atom. The van der Waals surface area contributed by atoms with Gasteiger partial charge in [-0.25, -0.2) is 4.98 Å². The fourth-order valence-electron chi connectivity index (χ4n) is 4.55. The van der Waals surface area contributed by atoms with Crippen molar-refractivity contribution >= 4 is 23.4 Å². The highest BCUT2D eigenvalue weighted by molar-refractivity contribution is 5.82. The van der Waals surface area contributed by atoms with E-state index in [1.165, 1.54) is 0 Å². The molecule has 2 fully saturated rings. The standard InChI is InChI=1S/C21H24F3N7O/c1-2-31-10-14(8-26-31)28-20-25-9-15(21(22,23)24)18(30-20)29-17-12-4-3-11(7-12)16(17)19(32)27-13-5-6-13/h3-4,8-13,16-17H,2,5-7H2,1H3,(H,27,32)(H2,25,28,29,30)/t11-,12+,16+,17-/m0/s1. The van der Waals surface area contributed by atoms with Crippen molar-refractivity contribution in [2.24, 2.45) is 17.8 Å². The Morgan fingerprint density at radius 3 is 2.69 bits per heavy atom. The van der Waals surface area contributed by atoms with Crippen LogP contribution in [0.15, 0.2) is 30.7 Å². The quantitative estimate of drug-likeness (QED) is 0.564. The molecule has 0 aliphatic heterocycles. The number of halogens is 3. The van der Waals surface area contributed by atoms with Gasteiger partial charge in [0.15, 0.2) is 0 Å². The summed E-state index contributed by atoms with van der Waals surface area (Å²) in [6.07, 6.45) is 6.04. The van der Waals surface area contributed by atoms with Gasteiger partial charge in [0.1, 0.15) is 11.4 Å². The minimum atomic E-state index is -4.63. The molecule has 2 aromatic heterocycles. The summed E-state index contributed by atoms with van der Waals surface area (Å²) in [5.41, 5.74) is -0.387. The zero-order chi connectivity index (χ0) is 22.5. The van der Waals surface area contributed by atoms with Gasteiger partial charge in [-0.05, 0) is 38.0 Å². The van der Waals surface area contributed by atoms with E-state index in [2.05, 4.69) is 31.0 Å². The van der Waals surface area contributed by atoms with E-state index in [-0.39, 0.29) is 35.6 Å². The van der Waals surface area contributed by atoms with Crippen molar-refractivity contribution in [3.63, 3.8) is 0 Å². The van der Waals surface area contributed by atoms with E-state index in [9.17, 15) is 18.0 Å². The number of nitrogens with zero attached hydrogens (tertiary/aromatic N) is 4. The molecule has 2 bridgehead atoms. The second-order valence-corrected chi connectivity index (χ2v) is 8.59. The van der Waals surface area contributed by atoms with Crippen LogP contribution in [-0.2, 0) is 17.5 Å². The van der Waals surface area contributed by atoms with Crippen LogP contribution in [0.4, 0.5) is 30.6 Å². The lowest BCUT2D eigenvalue weighted by Crippen LogP contribution is -2.44. The number of carbonyl (C=O) groups excluding carboxylic acids is 1. The topological polar surface area (TPSA) is 96.8 Å². The molecule has 4 atom stereocenters. The summed E-state index contributed by atoms with van der Waals surface area (Å²) in [5, 5.41) is 13.0. The van der Waals surface area contributed by atoms with Crippen LogP contribution in [0.25, 0.3) is 0 Å². The molecule has 0 unspecified atom stereocenters. The van der Waals surface area contributed by atoms with Crippen LogP contribution in [-0.4, -0.2) is 37.7 Å². The number of amides is 1. The molecule has 0 aromatic carbocycles. The average Bonchev–Trinajstić information content (AvgIpc) is 3.13. The molecule has 8 nitrogen and oxygen atoms in total. The van der Waals surface area contributed by atoms with Crippen LogP contribution in [0.5, 0.6) is 0 Å². The molecule has 11 heteroatoms. The summed E-state index contributed by atoms with van der Waals surface area (Å²) in [6.45, 7) is 2.58. The molecule has 3 aliphatic rings. The molecule has 0 radical (unpaired) electrons. The SMILES string of the molecule is CCn1cc(Nc2ncc(C(F)(F)F)c(N[C@@H]3[C@H](C(=O)NC4CC4)[C@H]4C=C[C@@H]3C4)n2)cn1. The second kappa shape index (κ2) is 7.79. The van der Waals surface area contributed by atoms with Gasteiger partial charge in [0.25, 0.3) is 0 Å². The number of hydrogen-bond donors (Lipinski definition) is 3. The van der Waals surface area contributed by atoms with Crippen molar-refractivity contribution in [1.82, 2.24) is 25.1 Å². The average molecular weight is 447 g/mol. The summed E-state index contributed by atoms with van der Waals surface area (Å²) in [5.74, 6) is -0.840. The van der Waals surface area contributed by atoms with Crippen molar-refractivity contribution in [3.8, 4) is 0 Å². The molecule has 32 heavy (non-hydrogen) atoms. The summed E-state index contributed by atoms with van der Waals surface area (Å²) in [4.78, 5) is 20.8. The van der Waals surface area contributed by atoms with Crippen LogP contribution in [0.3, 0.4) is 0 Å². The van der Waals surface area contributed by atoms with Gasteiger partial charge in [-0.1, -0.05) is 12.2 Å². The lowest BCUT2D eigenvalue weighted by Gasteiger charge is -2.29. The molecule has 0 spiro atoms. The normalized spacial score (nSPS) is 26.4. The zero-order valence-corrected chi connectivity index (χ0v) is 17.4. The molecular formula is C21H24F3N7O. The van der Waals surface area contributed by atoms with Gasteiger partial charge in [0.2, 0.25) is 11.9 Å². The van der Waals surface area contributed by atoms with E-state index in [4.69, 9.17) is 0 Å². The number of nitrogens with one attached hydrogen (secondary N) is 3. The number of rotatable bonds is 7. The summed E-state index contributed by atoms with van der Waals surface area (Å²) >= 11 is 0. The first-order valence-electron chi connectivity index (χ1n) is 10.8. The van der Waals surface area contributed by atoms with E-state index in [0.717, 1.165) is 25.5 Å². The van der Waals surface area contributed by atoms with Crippen molar-refractivity contribution in [2.45, 2.75) is 51.0 Å². The van der Waals surface area contributed by atoms with Gasteiger partial charge in [0, 0.05) is 31.0 Å². The van der Waals surface area contributed by atoms with E-state index in [1.54, 1.807) is 17.1 Å². The third-order valence-corrected chi connectivity index (χ3v) is 6.30. The largest absolute Gasteiger partial charge is 0.421 e. The molecule has 1 amide bonds. The van der Waals surface area contributed by atoms with E-state index < -0.39 is 23.7 Å². The van der Waals surface area contributed by atoms with Crippen molar-refractivity contribution < 1.29 is 18.0 Å². The maximum absolute atomic E-state index is 13.7.